The first-order chi connectivity index (χ1) is 16.9. The molecule has 2 aromatic carbocycles. The van der Waals surface area contributed by atoms with Crippen LogP contribution < -0.4 is 16.0 Å². The molecule has 1 spiro atoms. The van der Waals surface area contributed by atoms with Gasteiger partial charge in [0.25, 0.3) is 5.91 Å². The molecule has 3 aromatic rings. The molecule has 8 nitrogen and oxygen atoms in total. The molecular weight excluding hydrogens is 447 g/mol. The number of benzene rings is 2. The molecule has 2 amide bonds. The van der Waals surface area contributed by atoms with Gasteiger partial charge < -0.3 is 20.9 Å². The number of primary amides is 1. The smallest absolute Gasteiger partial charge is 0.254 e. The maximum atomic E-state index is 14.6. The van der Waals surface area contributed by atoms with Crippen LogP contribution in [0, 0.1) is 5.82 Å². The second kappa shape index (κ2) is 8.13. The number of carbonyl (C=O) groups excluding carboxylic acids is 2. The van der Waals surface area contributed by atoms with Crippen LogP contribution in [-0.4, -0.2) is 59.4 Å². The zero-order valence-corrected chi connectivity index (χ0v) is 19.1. The van der Waals surface area contributed by atoms with E-state index in [1.165, 1.54) is 17.7 Å². The first-order valence-electron chi connectivity index (χ1n) is 11.8. The summed E-state index contributed by atoms with van der Waals surface area (Å²) in [4.78, 5) is 37.4. The molecule has 9 heteroatoms. The second-order valence-corrected chi connectivity index (χ2v) is 9.47. The van der Waals surface area contributed by atoms with E-state index in [9.17, 15) is 14.0 Å². The molecule has 2 fully saturated rings. The van der Waals surface area contributed by atoms with Crippen LogP contribution in [0.4, 0.5) is 16.0 Å². The van der Waals surface area contributed by atoms with Gasteiger partial charge in [0.2, 0.25) is 11.9 Å². The number of hydrogen-bond acceptors (Lipinski definition) is 6. The predicted molar refractivity (Wildman–Crippen MR) is 129 cm³/mol. The SMILES string of the molecule is NC(=O)c1ccc(-c2cnc(N3CC4(CC4)c4ccc(C(=O)N5CCNCC5)cc43)nc2)c(F)c1. The lowest BCUT2D eigenvalue weighted by molar-refractivity contribution is 0.0735. The first-order valence-corrected chi connectivity index (χ1v) is 11.8. The maximum absolute atomic E-state index is 14.6. The minimum atomic E-state index is -0.682. The van der Waals surface area contributed by atoms with Crippen LogP contribution in [0.25, 0.3) is 11.1 Å². The number of rotatable bonds is 4. The van der Waals surface area contributed by atoms with Crippen molar-refractivity contribution in [3.8, 4) is 11.1 Å². The largest absolute Gasteiger partial charge is 0.366 e. The van der Waals surface area contributed by atoms with Crippen LogP contribution in [0.1, 0.15) is 39.1 Å². The molecule has 0 radical (unpaired) electrons. The van der Waals surface area contributed by atoms with Crippen molar-refractivity contribution in [3.63, 3.8) is 0 Å². The highest BCUT2D eigenvalue weighted by Crippen LogP contribution is 2.57. The molecule has 3 heterocycles. The van der Waals surface area contributed by atoms with Gasteiger partial charge in [0, 0.05) is 78.5 Å². The van der Waals surface area contributed by atoms with Gasteiger partial charge in [-0.2, -0.15) is 0 Å². The maximum Gasteiger partial charge on any atom is 0.254 e. The summed E-state index contributed by atoms with van der Waals surface area (Å²) < 4.78 is 14.6. The van der Waals surface area contributed by atoms with Gasteiger partial charge in [0.15, 0.2) is 0 Å². The fraction of sp³-hybridized carbons (Fsp3) is 0.308. The van der Waals surface area contributed by atoms with Gasteiger partial charge in [-0.1, -0.05) is 12.1 Å². The summed E-state index contributed by atoms with van der Waals surface area (Å²) in [6.07, 6.45) is 5.35. The van der Waals surface area contributed by atoms with E-state index >= 15 is 0 Å². The van der Waals surface area contributed by atoms with Gasteiger partial charge in [-0.3, -0.25) is 9.59 Å². The first kappa shape index (κ1) is 21.7. The number of amides is 2. The fourth-order valence-corrected chi connectivity index (χ4v) is 5.12. The minimum absolute atomic E-state index is 0.0390. The highest BCUT2D eigenvalue weighted by molar-refractivity contribution is 5.96. The molecule has 1 aliphatic carbocycles. The lowest BCUT2D eigenvalue weighted by Crippen LogP contribution is -2.46. The normalized spacial score (nSPS) is 18.0. The molecule has 35 heavy (non-hydrogen) atoms. The Bertz CT molecular complexity index is 1330. The predicted octanol–water partition coefficient (Wildman–Crippen LogP) is 2.61. The third kappa shape index (κ3) is 3.72. The molecule has 3 N–H and O–H groups in total. The number of halogens is 1. The van der Waals surface area contributed by atoms with E-state index in [1.807, 2.05) is 17.0 Å². The summed E-state index contributed by atoms with van der Waals surface area (Å²) in [5.41, 5.74) is 9.10. The number of fused-ring (bicyclic) bond motifs is 2. The van der Waals surface area contributed by atoms with Crippen molar-refractivity contribution in [2.75, 3.05) is 37.6 Å². The van der Waals surface area contributed by atoms with Crippen LogP contribution in [0.5, 0.6) is 0 Å². The molecule has 1 saturated carbocycles. The van der Waals surface area contributed by atoms with Crippen molar-refractivity contribution in [2.24, 2.45) is 5.73 Å². The van der Waals surface area contributed by atoms with Crippen molar-refractivity contribution < 1.29 is 14.0 Å². The monoisotopic (exact) mass is 472 g/mol. The third-order valence-corrected chi connectivity index (χ3v) is 7.27. The Morgan fingerprint density at radius 2 is 1.71 bits per heavy atom. The van der Waals surface area contributed by atoms with Crippen molar-refractivity contribution in [2.45, 2.75) is 18.3 Å². The number of piperazine rings is 1. The second-order valence-electron chi connectivity index (χ2n) is 9.47. The average molecular weight is 473 g/mol. The lowest BCUT2D eigenvalue weighted by atomic mass is 9.97. The number of nitrogens with zero attached hydrogens (tertiary/aromatic N) is 4. The van der Waals surface area contributed by atoms with Crippen LogP contribution >= 0.6 is 0 Å². The highest BCUT2D eigenvalue weighted by atomic mass is 19.1. The Labute approximate surface area is 202 Å². The number of nitrogens with one attached hydrogen (secondary N) is 1. The standard InChI is InChI=1S/C26H25FN6O2/c27-21-11-16(23(28)34)1-3-19(21)18-13-30-25(31-14-18)33-15-26(5-6-26)20-4-2-17(12-22(20)33)24(35)32-9-7-29-8-10-32/h1-4,11-14,29H,5-10,15H2,(H2,28,34). The Balaban J connectivity index is 1.31. The number of hydrogen-bond donors (Lipinski definition) is 2. The van der Waals surface area contributed by atoms with Crippen molar-refractivity contribution in [1.82, 2.24) is 20.2 Å². The molecule has 1 aromatic heterocycles. The summed E-state index contributed by atoms with van der Waals surface area (Å²) >= 11 is 0. The van der Waals surface area contributed by atoms with Crippen LogP contribution in [0.2, 0.25) is 0 Å². The van der Waals surface area contributed by atoms with E-state index < -0.39 is 11.7 Å². The van der Waals surface area contributed by atoms with E-state index in [-0.39, 0.29) is 16.9 Å². The van der Waals surface area contributed by atoms with Crippen molar-refractivity contribution in [1.29, 1.82) is 0 Å². The molecule has 2 aliphatic heterocycles. The summed E-state index contributed by atoms with van der Waals surface area (Å²) in [5.74, 6) is -0.687. The Morgan fingerprint density at radius 3 is 2.37 bits per heavy atom. The average Bonchev–Trinajstić information content (AvgIpc) is 3.60. The Hall–Kier alpha value is -3.85. The van der Waals surface area contributed by atoms with Crippen molar-refractivity contribution in [3.05, 3.63) is 71.3 Å². The molecule has 3 aliphatic rings. The summed E-state index contributed by atoms with van der Waals surface area (Å²) in [6, 6.07) is 10.1. The number of carbonyl (C=O) groups is 2. The summed E-state index contributed by atoms with van der Waals surface area (Å²) in [7, 11) is 0. The van der Waals surface area contributed by atoms with E-state index in [1.54, 1.807) is 12.4 Å². The zero-order valence-electron chi connectivity index (χ0n) is 19.1. The van der Waals surface area contributed by atoms with E-state index in [4.69, 9.17) is 5.73 Å². The molecular formula is C26H25FN6O2. The molecule has 0 bridgehead atoms. The molecule has 0 unspecified atom stereocenters. The van der Waals surface area contributed by atoms with E-state index in [0.29, 0.717) is 35.7 Å². The molecule has 6 rings (SSSR count). The number of aromatic nitrogens is 2. The molecule has 178 valence electrons. The zero-order chi connectivity index (χ0) is 24.2. The van der Waals surface area contributed by atoms with Crippen LogP contribution in [0.15, 0.2) is 48.8 Å². The van der Waals surface area contributed by atoms with Gasteiger partial charge in [0.05, 0.1) is 0 Å². The van der Waals surface area contributed by atoms with Gasteiger partial charge >= 0.3 is 0 Å². The van der Waals surface area contributed by atoms with Gasteiger partial charge in [0.1, 0.15) is 5.82 Å². The van der Waals surface area contributed by atoms with Crippen molar-refractivity contribution >= 4 is 23.5 Å². The number of anilines is 2. The lowest BCUT2D eigenvalue weighted by Gasteiger charge is -2.27. The van der Waals surface area contributed by atoms with Gasteiger partial charge in [-0.25, -0.2) is 14.4 Å². The summed E-state index contributed by atoms with van der Waals surface area (Å²) in [5, 5.41) is 3.28. The van der Waals surface area contributed by atoms with Gasteiger partial charge in [-0.15, -0.1) is 0 Å². The number of nitrogens with two attached hydrogens (primary N) is 1. The fourth-order valence-electron chi connectivity index (χ4n) is 5.12. The summed E-state index contributed by atoms with van der Waals surface area (Å²) in [6.45, 7) is 3.76. The topological polar surface area (TPSA) is 104 Å². The van der Waals surface area contributed by atoms with Gasteiger partial charge in [-0.05, 0) is 42.7 Å². The van der Waals surface area contributed by atoms with Crippen LogP contribution in [0.3, 0.4) is 0 Å². The minimum Gasteiger partial charge on any atom is -0.366 e. The van der Waals surface area contributed by atoms with Crippen LogP contribution in [-0.2, 0) is 5.41 Å². The molecule has 1 saturated heterocycles. The third-order valence-electron chi connectivity index (χ3n) is 7.27. The Morgan fingerprint density at radius 1 is 1.00 bits per heavy atom. The van der Waals surface area contributed by atoms with E-state index in [2.05, 4.69) is 26.3 Å². The highest BCUT2D eigenvalue weighted by Gasteiger charge is 2.52. The Kier molecular flexibility index (Phi) is 5.03. The quantitative estimate of drug-likeness (QED) is 0.605. The molecule has 0 atom stereocenters. The van der Waals surface area contributed by atoms with E-state index in [0.717, 1.165) is 44.2 Å².